The van der Waals surface area contributed by atoms with Crippen molar-refractivity contribution < 1.29 is 24.5 Å². The number of carbonyl (C=O) groups is 2. The molecule has 5 heteroatoms. The summed E-state index contributed by atoms with van der Waals surface area (Å²) in [5, 5.41) is 18.0. The van der Waals surface area contributed by atoms with Crippen molar-refractivity contribution in [3.05, 3.63) is 0 Å². The number of aliphatic carboxylic acids is 1. The van der Waals surface area contributed by atoms with E-state index in [1.807, 2.05) is 20.8 Å². The number of carbonyl (C=O) groups excluding carboxylic acids is 1. The minimum atomic E-state index is -0.857. The third-order valence-corrected chi connectivity index (χ3v) is 2.31. The molecule has 2 N–H and O–H groups in total. The fraction of sp³-hybridized carbons (Fsp3) is 0.846. The van der Waals surface area contributed by atoms with E-state index in [1.165, 1.54) is 0 Å². The number of ether oxygens (including phenoxy) is 1. The predicted octanol–water partition coefficient (Wildman–Crippen LogP) is 1.97. The number of carboxylic acid groups (broad SMARTS) is 1. The summed E-state index contributed by atoms with van der Waals surface area (Å²) in [6, 6.07) is 0. The number of esters is 1. The van der Waals surface area contributed by atoms with E-state index in [2.05, 4.69) is 0 Å². The zero-order valence-corrected chi connectivity index (χ0v) is 11.4. The molecule has 0 fully saturated rings. The third kappa shape index (κ3) is 11.4. The lowest BCUT2D eigenvalue weighted by Crippen LogP contribution is -2.24. The molecule has 0 saturated heterocycles. The number of hydrogen-bond acceptors (Lipinski definition) is 4. The Bertz CT molecular complexity index is 267. The van der Waals surface area contributed by atoms with Crippen LogP contribution in [-0.4, -0.2) is 34.9 Å². The van der Waals surface area contributed by atoms with Crippen molar-refractivity contribution in [1.82, 2.24) is 0 Å². The summed E-state index contributed by atoms with van der Waals surface area (Å²) in [5.41, 5.74) is -0.00664. The topological polar surface area (TPSA) is 83.8 Å². The van der Waals surface area contributed by atoms with Gasteiger partial charge in [0, 0.05) is 12.8 Å². The summed E-state index contributed by atoms with van der Waals surface area (Å²) in [5.74, 6) is -1.24. The van der Waals surface area contributed by atoms with Crippen LogP contribution in [0.25, 0.3) is 0 Å². The van der Waals surface area contributed by atoms with Crippen molar-refractivity contribution >= 4 is 11.9 Å². The molecule has 0 aromatic rings. The molecule has 18 heavy (non-hydrogen) atoms. The van der Waals surface area contributed by atoms with Gasteiger partial charge in [0.05, 0.1) is 6.10 Å². The van der Waals surface area contributed by atoms with Crippen LogP contribution in [0.15, 0.2) is 0 Å². The van der Waals surface area contributed by atoms with E-state index in [1.54, 1.807) is 0 Å². The fourth-order valence-corrected chi connectivity index (χ4v) is 1.57. The Balaban J connectivity index is 3.61. The van der Waals surface area contributed by atoms with Crippen LogP contribution in [0.3, 0.4) is 0 Å². The first-order chi connectivity index (χ1) is 8.20. The number of aliphatic hydroxyl groups excluding tert-OH is 1. The quantitative estimate of drug-likeness (QED) is 0.515. The minimum Gasteiger partial charge on any atom is -0.481 e. The molecule has 0 bridgehead atoms. The lowest BCUT2D eigenvalue weighted by atomic mass is 9.89. The first-order valence-corrected chi connectivity index (χ1v) is 6.26. The molecule has 0 amide bonds. The van der Waals surface area contributed by atoms with Crippen molar-refractivity contribution in [2.24, 2.45) is 5.41 Å². The Morgan fingerprint density at radius 3 is 2.22 bits per heavy atom. The zero-order valence-electron chi connectivity index (χ0n) is 11.4. The van der Waals surface area contributed by atoms with Crippen molar-refractivity contribution in [2.45, 2.75) is 59.0 Å². The second kappa shape index (κ2) is 8.08. The molecule has 0 aliphatic rings. The Hall–Kier alpha value is -1.10. The average molecular weight is 260 g/mol. The van der Waals surface area contributed by atoms with Gasteiger partial charge >= 0.3 is 11.9 Å². The maximum Gasteiger partial charge on any atom is 0.305 e. The molecule has 0 aromatic carbocycles. The molecule has 106 valence electrons. The molecule has 0 aromatic heterocycles. The van der Waals surface area contributed by atoms with Gasteiger partial charge in [0.15, 0.2) is 0 Å². The van der Waals surface area contributed by atoms with Gasteiger partial charge in [-0.1, -0.05) is 20.8 Å². The molecule has 1 unspecified atom stereocenters. The number of unbranched alkanes of at least 4 members (excludes halogenated alkanes) is 1. The summed E-state index contributed by atoms with van der Waals surface area (Å²) < 4.78 is 4.92. The van der Waals surface area contributed by atoms with E-state index in [4.69, 9.17) is 9.84 Å². The van der Waals surface area contributed by atoms with Gasteiger partial charge in [-0.05, 0) is 24.7 Å². The Kier molecular flexibility index (Phi) is 7.59. The highest BCUT2D eigenvalue weighted by Gasteiger charge is 2.17. The molecule has 0 aliphatic carbocycles. The van der Waals surface area contributed by atoms with E-state index in [-0.39, 0.29) is 30.8 Å². The van der Waals surface area contributed by atoms with Crippen LogP contribution < -0.4 is 0 Å². The average Bonchev–Trinajstić information content (AvgIpc) is 2.19. The third-order valence-electron chi connectivity index (χ3n) is 2.31. The van der Waals surface area contributed by atoms with Crippen LogP contribution in [0.4, 0.5) is 0 Å². The Morgan fingerprint density at radius 1 is 1.17 bits per heavy atom. The first-order valence-electron chi connectivity index (χ1n) is 6.26. The van der Waals surface area contributed by atoms with Crippen LogP contribution >= 0.6 is 0 Å². The van der Waals surface area contributed by atoms with Crippen molar-refractivity contribution in [2.75, 3.05) is 6.61 Å². The van der Waals surface area contributed by atoms with Crippen LogP contribution in [-0.2, 0) is 14.3 Å². The van der Waals surface area contributed by atoms with E-state index in [0.717, 1.165) is 0 Å². The lowest BCUT2D eigenvalue weighted by Gasteiger charge is -2.22. The monoisotopic (exact) mass is 260 g/mol. The molecular formula is C13H24O5. The molecule has 0 saturated carbocycles. The molecule has 0 heterocycles. The number of hydrogen-bond donors (Lipinski definition) is 2. The molecule has 0 rings (SSSR count). The van der Waals surface area contributed by atoms with Gasteiger partial charge in [0.2, 0.25) is 0 Å². The minimum absolute atomic E-state index is 0.00664. The van der Waals surface area contributed by atoms with Gasteiger partial charge in [-0.2, -0.15) is 0 Å². The van der Waals surface area contributed by atoms with Gasteiger partial charge in [-0.25, -0.2) is 0 Å². The molecular weight excluding hydrogens is 236 g/mol. The van der Waals surface area contributed by atoms with Gasteiger partial charge in [-0.3, -0.25) is 9.59 Å². The molecule has 5 nitrogen and oxygen atoms in total. The summed E-state index contributed by atoms with van der Waals surface area (Å²) in [7, 11) is 0. The Morgan fingerprint density at radius 2 is 1.72 bits per heavy atom. The summed E-state index contributed by atoms with van der Waals surface area (Å²) in [6.45, 7) is 6.02. The maximum absolute atomic E-state index is 11.3. The highest BCUT2D eigenvalue weighted by atomic mass is 16.5. The predicted molar refractivity (Wildman–Crippen MR) is 67.1 cm³/mol. The standard InChI is InChI=1S/C13H24O5/c1-13(2,3)8-10(14)9-18-12(17)7-5-4-6-11(15)16/h10,14H,4-9H2,1-3H3,(H,15,16). The second-order valence-corrected chi connectivity index (χ2v) is 5.70. The molecule has 0 aliphatic heterocycles. The van der Waals surface area contributed by atoms with Crippen LogP contribution in [0, 0.1) is 5.41 Å². The van der Waals surface area contributed by atoms with Crippen molar-refractivity contribution in [1.29, 1.82) is 0 Å². The van der Waals surface area contributed by atoms with Gasteiger partial charge in [0.1, 0.15) is 6.61 Å². The molecule has 1 atom stereocenters. The highest BCUT2D eigenvalue weighted by Crippen LogP contribution is 2.20. The van der Waals surface area contributed by atoms with Crippen molar-refractivity contribution in [3.63, 3.8) is 0 Å². The smallest absolute Gasteiger partial charge is 0.305 e. The first kappa shape index (κ1) is 16.9. The largest absolute Gasteiger partial charge is 0.481 e. The van der Waals surface area contributed by atoms with E-state index in [9.17, 15) is 14.7 Å². The fourth-order valence-electron chi connectivity index (χ4n) is 1.57. The highest BCUT2D eigenvalue weighted by molar-refractivity contribution is 5.69. The molecule has 0 spiro atoms. The maximum atomic E-state index is 11.3. The summed E-state index contributed by atoms with van der Waals surface area (Å²) in [6.07, 6.45) is 1.16. The van der Waals surface area contributed by atoms with E-state index in [0.29, 0.717) is 19.3 Å². The van der Waals surface area contributed by atoms with E-state index < -0.39 is 12.1 Å². The van der Waals surface area contributed by atoms with Gasteiger partial charge in [0.25, 0.3) is 0 Å². The Labute approximate surface area is 108 Å². The lowest BCUT2D eigenvalue weighted by molar-refractivity contribution is -0.147. The molecule has 0 radical (unpaired) electrons. The summed E-state index contributed by atoms with van der Waals surface area (Å²) >= 11 is 0. The normalized spacial score (nSPS) is 13.1. The number of rotatable bonds is 8. The van der Waals surface area contributed by atoms with Crippen LogP contribution in [0.5, 0.6) is 0 Å². The number of carboxylic acids is 1. The summed E-state index contributed by atoms with van der Waals surface area (Å²) in [4.78, 5) is 21.5. The van der Waals surface area contributed by atoms with E-state index >= 15 is 0 Å². The van der Waals surface area contributed by atoms with Gasteiger partial charge in [-0.15, -0.1) is 0 Å². The SMILES string of the molecule is CC(C)(C)CC(O)COC(=O)CCCCC(=O)O. The van der Waals surface area contributed by atoms with Crippen molar-refractivity contribution in [3.8, 4) is 0 Å². The van der Waals surface area contributed by atoms with Crippen LogP contribution in [0.2, 0.25) is 0 Å². The number of aliphatic hydroxyl groups is 1. The van der Waals surface area contributed by atoms with Crippen LogP contribution in [0.1, 0.15) is 52.9 Å². The second-order valence-electron chi connectivity index (χ2n) is 5.70. The zero-order chi connectivity index (χ0) is 14.2. The van der Waals surface area contributed by atoms with Gasteiger partial charge < -0.3 is 14.9 Å².